The topological polar surface area (TPSA) is 68.3 Å². The molecule has 1 atom stereocenters. The number of nitrogens with zero attached hydrogens (tertiary/aromatic N) is 1. The van der Waals surface area contributed by atoms with Gasteiger partial charge in [-0.05, 0) is 35.4 Å². The number of nitrogens with one attached hydrogen (secondary N) is 1. The summed E-state index contributed by atoms with van der Waals surface area (Å²) < 4.78 is 5.02. The zero-order valence-corrected chi connectivity index (χ0v) is 14.9. The molecule has 1 aromatic heterocycles. The summed E-state index contributed by atoms with van der Waals surface area (Å²) in [6.45, 7) is 1.53. The van der Waals surface area contributed by atoms with E-state index in [2.05, 4.69) is 10.3 Å². The van der Waals surface area contributed by atoms with Crippen molar-refractivity contribution < 1.29 is 14.3 Å². The largest absolute Gasteiger partial charge is 0.452 e. The average Bonchev–Trinajstić information content (AvgIpc) is 2.66. The highest BCUT2D eigenvalue weighted by molar-refractivity contribution is 6.29. The summed E-state index contributed by atoms with van der Waals surface area (Å²) in [5.74, 6) is -0.997. The Bertz CT molecular complexity index is 936. The molecule has 0 saturated heterocycles. The van der Waals surface area contributed by atoms with Crippen molar-refractivity contribution in [2.45, 2.75) is 13.0 Å². The number of carbonyl (C=O) groups is 2. The Labute approximate surface area is 156 Å². The van der Waals surface area contributed by atoms with Crippen molar-refractivity contribution in [1.29, 1.82) is 0 Å². The van der Waals surface area contributed by atoms with Gasteiger partial charge < -0.3 is 10.1 Å². The number of hydrogen-bond donors (Lipinski definition) is 1. The number of rotatable bonds is 5. The Balaban J connectivity index is 1.60. The highest BCUT2D eigenvalue weighted by Gasteiger charge is 2.15. The van der Waals surface area contributed by atoms with E-state index in [-0.39, 0.29) is 29.3 Å². The van der Waals surface area contributed by atoms with E-state index in [1.165, 1.54) is 18.3 Å². The predicted molar refractivity (Wildman–Crippen MR) is 100 cm³/mol. The standard InChI is InChI=1S/C20H17ClN2O3/c1-13(16-8-4-6-14-5-2-3-7-17(14)16)23-19(24)12-26-20(25)15-9-10-18(21)22-11-15/h2-11,13H,12H2,1H3,(H,23,24). The second-order valence-electron chi connectivity index (χ2n) is 5.80. The number of amides is 1. The minimum Gasteiger partial charge on any atom is -0.452 e. The first-order valence-electron chi connectivity index (χ1n) is 8.10. The van der Waals surface area contributed by atoms with Crippen molar-refractivity contribution in [3.8, 4) is 0 Å². The van der Waals surface area contributed by atoms with Crippen LogP contribution in [0.5, 0.6) is 0 Å². The van der Waals surface area contributed by atoms with Crippen LogP contribution in [-0.2, 0) is 9.53 Å². The molecule has 0 aliphatic carbocycles. The molecule has 1 heterocycles. The molecule has 132 valence electrons. The van der Waals surface area contributed by atoms with Crippen molar-refractivity contribution in [3.05, 3.63) is 77.1 Å². The molecule has 0 radical (unpaired) electrons. The van der Waals surface area contributed by atoms with E-state index in [0.29, 0.717) is 0 Å². The molecule has 1 unspecified atom stereocenters. The highest BCUT2D eigenvalue weighted by atomic mass is 35.5. The molecule has 0 bridgehead atoms. The molecule has 5 nitrogen and oxygen atoms in total. The summed E-state index contributed by atoms with van der Waals surface area (Å²) in [6.07, 6.45) is 1.31. The van der Waals surface area contributed by atoms with Gasteiger partial charge >= 0.3 is 5.97 Å². The van der Waals surface area contributed by atoms with Gasteiger partial charge in [0, 0.05) is 6.20 Å². The molecule has 3 aromatic rings. The maximum absolute atomic E-state index is 12.1. The molecule has 0 aliphatic rings. The van der Waals surface area contributed by atoms with Gasteiger partial charge in [0.25, 0.3) is 5.91 Å². The maximum atomic E-state index is 12.1. The van der Waals surface area contributed by atoms with Crippen molar-refractivity contribution in [2.24, 2.45) is 0 Å². The Hall–Kier alpha value is -2.92. The number of carbonyl (C=O) groups excluding carboxylic acids is 2. The zero-order valence-electron chi connectivity index (χ0n) is 14.1. The van der Waals surface area contributed by atoms with Crippen molar-refractivity contribution >= 4 is 34.2 Å². The second kappa shape index (κ2) is 7.97. The molecule has 0 spiro atoms. The molecule has 6 heteroatoms. The third kappa shape index (κ3) is 4.18. The van der Waals surface area contributed by atoms with Crippen LogP contribution in [0, 0.1) is 0 Å². The lowest BCUT2D eigenvalue weighted by Gasteiger charge is -2.16. The fourth-order valence-electron chi connectivity index (χ4n) is 2.70. The lowest BCUT2D eigenvalue weighted by molar-refractivity contribution is -0.124. The van der Waals surface area contributed by atoms with E-state index >= 15 is 0 Å². The van der Waals surface area contributed by atoms with E-state index in [9.17, 15) is 9.59 Å². The van der Waals surface area contributed by atoms with Gasteiger partial charge in [-0.1, -0.05) is 54.1 Å². The number of fused-ring (bicyclic) bond motifs is 1. The van der Waals surface area contributed by atoms with E-state index in [1.54, 1.807) is 0 Å². The number of aromatic nitrogens is 1. The Morgan fingerprint density at radius 2 is 1.88 bits per heavy atom. The number of esters is 1. The first-order valence-corrected chi connectivity index (χ1v) is 8.48. The minimum absolute atomic E-state index is 0.218. The van der Waals surface area contributed by atoms with E-state index in [1.807, 2.05) is 49.4 Å². The van der Waals surface area contributed by atoms with Gasteiger partial charge in [0.15, 0.2) is 6.61 Å². The normalized spacial score (nSPS) is 11.8. The number of benzene rings is 2. The quantitative estimate of drug-likeness (QED) is 0.547. The number of ether oxygens (including phenoxy) is 1. The van der Waals surface area contributed by atoms with Crippen LogP contribution in [0.1, 0.15) is 28.9 Å². The fraction of sp³-hybridized carbons (Fsp3) is 0.150. The summed E-state index contributed by atoms with van der Waals surface area (Å²) in [5.41, 5.74) is 1.24. The van der Waals surface area contributed by atoms with Crippen molar-refractivity contribution in [3.63, 3.8) is 0 Å². The molecule has 1 N–H and O–H groups in total. The Morgan fingerprint density at radius 3 is 2.65 bits per heavy atom. The molecule has 1 amide bonds. The molecular weight excluding hydrogens is 352 g/mol. The molecule has 0 saturated carbocycles. The zero-order chi connectivity index (χ0) is 18.5. The molecule has 2 aromatic carbocycles. The maximum Gasteiger partial charge on any atom is 0.340 e. The van der Waals surface area contributed by atoms with Crippen molar-refractivity contribution in [1.82, 2.24) is 10.3 Å². The van der Waals surface area contributed by atoms with Crippen LogP contribution in [0.15, 0.2) is 60.8 Å². The van der Waals surface area contributed by atoms with E-state index in [0.717, 1.165) is 16.3 Å². The summed E-state index contributed by atoms with van der Waals surface area (Å²) in [6, 6.07) is 16.7. The van der Waals surface area contributed by atoms with Crippen LogP contribution in [0.3, 0.4) is 0 Å². The summed E-state index contributed by atoms with van der Waals surface area (Å²) in [4.78, 5) is 27.8. The summed E-state index contributed by atoms with van der Waals surface area (Å²) >= 11 is 5.67. The SMILES string of the molecule is CC(NC(=O)COC(=O)c1ccc(Cl)nc1)c1cccc2ccccc12. The third-order valence-electron chi connectivity index (χ3n) is 3.96. The number of hydrogen-bond acceptors (Lipinski definition) is 4. The summed E-state index contributed by atoms with van der Waals surface area (Å²) in [7, 11) is 0. The summed E-state index contributed by atoms with van der Waals surface area (Å²) in [5, 5.41) is 5.31. The molecular formula is C20H17ClN2O3. The number of pyridine rings is 1. The first-order chi connectivity index (χ1) is 12.5. The Morgan fingerprint density at radius 1 is 1.12 bits per heavy atom. The molecule has 3 rings (SSSR count). The van der Waals surface area contributed by atoms with Crippen LogP contribution in [0.25, 0.3) is 10.8 Å². The first kappa shape index (κ1) is 17.9. The smallest absolute Gasteiger partial charge is 0.340 e. The molecule has 26 heavy (non-hydrogen) atoms. The van der Waals surface area contributed by atoms with Gasteiger partial charge in [0.2, 0.25) is 0 Å². The van der Waals surface area contributed by atoms with Gasteiger partial charge in [-0.25, -0.2) is 9.78 Å². The van der Waals surface area contributed by atoms with Gasteiger partial charge in [-0.3, -0.25) is 4.79 Å². The van der Waals surface area contributed by atoms with Crippen LogP contribution in [0.4, 0.5) is 0 Å². The van der Waals surface area contributed by atoms with Crippen LogP contribution < -0.4 is 5.32 Å². The highest BCUT2D eigenvalue weighted by Crippen LogP contribution is 2.23. The monoisotopic (exact) mass is 368 g/mol. The van der Waals surface area contributed by atoms with Crippen LogP contribution in [-0.4, -0.2) is 23.5 Å². The lowest BCUT2D eigenvalue weighted by atomic mass is 10.00. The predicted octanol–water partition coefficient (Wildman–Crippen LogP) is 3.92. The van der Waals surface area contributed by atoms with E-state index in [4.69, 9.17) is 16.3 Å². The molecule has 0 aliphatic heterocycles. The fourth-order valence-corrected chi connectivity index (χ4v) is 2.81. The van der Waals surface area contributed by atoms with Gasteiger partial charge in [-0.2, -0.15) is 0 Å². The van der Waals surface area contributed by atoms with Crippen molar-refractivity contribution in [2.75, 3.05) is 6.61 Å². The number of halogens is 1. The van der Waals surface area contributed by atoms with Gasteiger partial charge in [-0.15, -0.1) is 0 Å². The van der Waals surface area contributed by atoms with E-state index < -0.39 is 5.97 Å². The minimum atomic E-state index is -0.623. The van der Waals surface area contributed by atoms with Crippen LogP contribution in [0.2, 0.25) is 5.15 Å². The van der Waals surface area contributed by atoms with Crippen LogP contribution >= 0.6 is 11.6 Å². The average molecular weight is 369 g/mol. The molecule has 0 fully saturated rings. The second-order valence-corrected chi connectivity index (χ2v) is 6.19. The lowest BCUT2D eigenvalue weighted by Crippen LogP contribution is -2.31. The van der Waals surface area contributed by atoms with Gasteiger partial charge in [0.05, 0.1) is 11.6 Å². The third-order valence-corrected chi connectivity index (χ3v) is 4.19. The Kier molecular flexibility index (Phi) is 5.49. The van der Waals surface area contributed by atoms with Gasteiger partial charge in [0.1, 0.15) is 5.15 Å².